The van der Waals surface area contributed by atoms with E-state index in [1.807, 2.05) is 0 Å². The van der Waals surface area contributed by atoms with Crippen LogP contribution in [-0.2, 0) is 10.0 Å². The van der Waals surface area contributed by atoms with Gasteiger partial charge >= 0.3 is 5.97 Å². The second-order valence-electron chi connectivity index (χ2n) is 5.56. The number of carboxylic acids is 1. The second-order valence-corrected chi connectivity index (χ2v) is 7.68. The summed E-state index contributed by atoms with van der Waals surface area (Å²) < 4.78 is 32.6. The monoisotopic (exact) mass is 391 g/mol. The summed E-state index contributed by atoms with van der Waals surface area (Å²) in [6.45, 7) is 1.78. The molecule has 6 nitrogen and oxygen atoms in total. The molecular weight excluding hydrogens is 378 g/mol. The first-order chi connectivity index (χ1) is 12.3. The van der Waals surface area contributed by atoms with Crippen LogP contribution in [0, 0.1) is 6.92 Å². The first kappa shape index (κ1) is 18.0. The zero-order valence-corrected chi connectivity index (χ0v) is 15.1. The van der Waals surface area contributed by atoms with Gasteiger partial charge in [-0.05, 0) is 67.1 Å². The summed E-state index contributed by atoms with van der Waals surface area (Å²) in [7, 11) is -3.74. The molecule has 3 rings (SSSR count). The van der Waals surface area contributed by atoms with Crippen LogP contribution in [0.15, 0.2) is 63.9 Å². The summed E-state index contributed by atoms with van der Waals surface area (Å²) in [4.78, 5) is 11.0. The first-order valence-corrected chi connectivity index (χ1v) is 9.35. The third-order valence-electron chi connectivity index (χ3n) is 3.68. The van der Waals surface area contributed by atoms with Crippen molar-refractivity contribution in [1.82, 2.24) is 0 Å². The van der Waals surface area contributed by atoms with E-state index in [0.717, 1.165) is 5.56 Å². The molecule has 0 atom stereocenters. The number of carboxylic acid groups (broad SMARTS) is 1. The van der Waals surface area contributed by atoms with Crippen molar-refractivity contribution in [3.63, 3.8) is 0 Å². The Morgan fingerprint density at radius 2 is 1.77 bits per heavy atom. The summed E-state index contributed by atoms with van der Waals surface area (Å²) in [5.74, 6) is -0.917. The van der Waals surface area contributed by atoms with E-state index in [2.05, 4.69) is 4.72 Å². The Labute approximate surface area is 155 Å². The van der Waals surface area contributed by atoms with Gasteiger partial charge in [0.2, 0.25) is 5.76 Å². The fourth-order valence-corrected chi connectivity index (χ4v) is 3.60. The zero-order chi connectivity index (χ0) is 18.9. The minimum Gasteiger partial charge on any atom is -0.475 e. The second kappa shape index (κ2) is 6.86. The van der Waals surface area contributed by atoms with E-state index in [4.69, 9.17) is 21.1 Å². The molecule has 0 aliphatic heterocycles. The number of aryl methyl sites for hydroxylation is 1. The number of hydrogen-bond donors (Lipinski definition) is 2. The van der Waals surface area contributed by atoms with E-state index in [0.29, 0.717) is 22.0 Å². The van der Waals surface area contributed by atoms with Crippen LogP contribution in [0.4, 0.5) is 5.69 Å². The lowest BCUT2D eigenvalue weighted by Gasteiger charge is -2.10. The van der Waals surface area contributed by atoms with Crippen molar-refractivity contribution in [3.8, 4) is 11.3 Å². The number of furan rings is 1. The fourth-order valence-electron chi connectivity index (χ4n) is 2.43. The molecule has 0 saturated carbocycles. The molecule has 2 aromatic carbocycles. The van der Waals surface area contributed by atoms with E-state index in [9.17, 15) is 13.2 Å². The minimum atomic E-state index is -3.74. The van der Waals surface area contributed by atoms with Gasteiger partial charge in [0.15, 0.2) is 0 Å². The van der Waals surface area contributed by atoms with Crippen LogP contribution >= 0.6 is 11.6 Å². The quantitative estimate of drug-likeness (QED) is 0.671. The van der Waals surface area contributed by atoms with Crippen molar-refractivity contribution < 1.29 is 22.7 Å². The van der Waals surface area contributed by atoms with Gasteiger partial charge < -0.3 is 9.52 Å². The molecule has 0 aliphatic rings. The van der Waals surface area contributed by atoms with Gasteiger partial charge in [0.05, 0.1) is 4.90 Å². The van der Waals surface area contributed by atoms with Crippen LogP contribution < -0.4 is 4.72 Å². The van der Waals surface area contributed by atoms with Crippen LogP contribution in [0.2, 0.25) is 5.02 Å². The molecule has 8 heteroatoms. The van der Waals surface area contributed by atoms with Crippen LogP contribution in [0.1, 0.15) is 16.1 Å². The van der Waals surface area contributed by atoms with Gasteiger partial charge in [-0.2, -0.15) is 0 Å². The van der Waals surface area contributed by atoms with Crippen LogP contribution in [0.3, 0.4) is 0 Å². The molecular formula is C18H14ClNO5S. The lowest BCUT2D eigenvalue weighted by atomic mass is 10.1. The molecule has 2 N–H and O–H groups in total. The van der Waals surface area contributed by atoms with Crippen molar-refractivity contribution in [3.05, 3.63) is 70.9 Å². The van der Waals surface area contributed by atoms with Crippen molar-refractivity contribution in [2.45, 2.75) is 11.8 Å². The molecule has 134 valence electrons. The zero-order valence-electron chi connectivity index (χ0n) is 13.6. The summed E-state index contributed by atoms with van der Waals surface area (Å²) in [6, 6.07) is 13.7. The predicted molar refractivity (Wildman–Crippen MR) is 98.1 cm³/mol. The number of rotatable bonds is 5. The third kappa shape index (κ3) is 3.74. The normalized spacial score (nSPS) is 11.3. The molecule has 0 aliphatic carbocycles. The number of nitrogens with one attached hydrogen (secondary N) is 1. The number of aromatic carboxylic acids is 1. The van der Waals surface area contributed by atoms with Gasteiger partial charge in [-0.3, -0.25) is 4.72 Å². The Balaban J connectivity index is 1.87. The lowest BCUT2D eigenvalue weighted by molar-refractivity contribution is 0.0663. The summed E-state index contributed by atoms with van der Waals surface area (Å²) >= 11 is 5.78. The topological polar surface area (TPSA) is 96.6 Å². The van der Waals surface area contributed by atoms with E-state index in [-0.39, 0.29) is 10.7 Å². The van der Waals surface area contributed by atoms with E-state index >= 15 is 0 Å². The largest absolute Gasteiger partial charge is 0.475 e. The fraction of sp³-hybridized carbons (Fsp3) is 0.0556. The molecule has 0 spiro atoms. The average molecular weight is 392 g/mol. The summed E-state index contributed by atoms with van der Waals surface area (Å²) in [5, 5.41) is 9.38. The summed E-state index contributed by atoms with van der Waals surface area (Å²) in [6.07, 6.45) is 0. The van der Waals surface area contributed by atoms with E-state index < -0.39 is 16.0 Å². The number of benzene rings is 2. The molecule has 3 aromatic rings. The standard InChI is InChI=1S/C18H14ClNO5S/c1-11-10-13(20-26(23,24)14-5-2-12(19)3-6-14)4-7-15(11)16-8-9-17(25-16)18(21)22/h2-10,20H,1H3,(H,21,22). The maximum Gasteiger partial charge on any atom is 0.371 e. The Morgan fingerprint density at radius 1 is 1.08 bits per heavy atom. The highest BCUT2D eigenvalue weighted by molar-refractivity contribution is 7.92. The summed E-state index contributed by atoms with van der Waals surface area (Å²) in [5.41, 5.74) is 1.78. The third-order valence-corrected chi connectivity index (χ3v) is 5.33. The molecule has 0 fully saturated rings. The highest BCUT2D eigenvalue weighted by Gasteiger charge is 2.16. The number of sulfonamides is 1. The number of carbonyl (C=O) groups is 1. The van der Waals surface area contributed by atoms with Gasteiger partial charge in [0.25, 0.3) is 10.0 Å². The van der Waals surface area contributed by atoms with Gasteiger partial charge in [-0.25, -0.2) is 13.2 Å². The van der Waals surface area contributed by atoms with E-state index in [1.165, 1.54) is 30.3 Å². The predicted octanol–water partition coefficient (Wildman–Crippen LogP) is 4.41. The Hall–Kier alpha value is -2.77. The molecule has 1 aromatic heterocycles. The molecule has 1 heterocycles. The molecule has 0 amide bonds. The Morgan fingerprint density at radius 3 is 2.35 bits per heavy atom. The number of anilines is 1. The molecule has 0 saturated heterocycles. The maximum atomic E-state index is 12.4. The molecule has 0 unspecified atom stereocenters. The molecule has 26 heavy (non-hydrogen) atoms. The maximum absolute atomic E-state index is 12.4. The van der Waals surface area contributed by atoms with Gasteiger partial charge in [-0.1, -0.05) is 11.6 Å². The van der Waals surface area contributed by atoms with Crippen molar-refractivity contribution in [1.29, 1.82) is 0 Å². The highest BCUT2D eigenvalue weighted by Crippen LogP contribution is 2.28. The van der Waals surface area contributed by atoms with Crippen LogP contribution in [-0.4, -0.2) is 19.5 Å². The molecule has 0 radical (unpaired) electrons. The smallest absolute Gasteiger partial charge is 0.371 e. The average Bonchev–Trinajstić information content (AvgIpc) is 3.05. The van der Waals surface area contributed by atoms with Crippen molar-refractivity contribution in [2.24, 2.45) is 0 Å². The highest BCUT2D eigenvalue weighted by atomic mass is 35.5. The van der Waals surface area contributed by atoms with Gasteiger partial charge in [0.1, 0.15) is 5.76 Å². The van der Waals surface area contributed by atoms with Crippen molar-refractivity contribution >= 4 is 33.3 Å². The molecule has 0 bridgehead atoms. The van der Waals surface area contributed by atoms with Crippen molar-refractivity contribution in [2.75, 3.05) is 4.72 Å². The lowest BCUT2D eigenvalue weighted by Crippen LogP contribution is -2.12. The Bertz CT molecular complexity index is 1070. The number of halogens is 1. The van der Waals surface area contributed by atoms with Crippen LogP contribution in [0.5, 0.6) is 0 Å². The van der Waals surface area contributed by atoms with Gasteiger partial charge in [-0.15, -0.1) is 0 Å². The SMILES string of the molecule is Cc1cc(NS(=O)(=O)c2ccc(Cl)cc2)ccc1-c1ccc(C(=O)O)o1. The first-order valence-electron chi connectivity index (χ1n) is 7.49. The van der Waals surface area contributed by atoms with Gasteiger partial charge in [0, 0.05) is 16.3 Å². The Kier molecular flexibility index (Phi) is 4.76. The van der Waals surface area contributed by atoms with Crippen LogP contribution in [0.25, 0.3) is 11.3 Å². The van der Waals surface area contributed by atoms with E-state index in [1.54, 1.807) is 31.2 Å². The number of hydrogen-bond acceptors (Lipinski definition) is 4. The minimum absolute atomic E-state index is 0.0979.